The van der Waals surface area contributed by atoms with Crippen LogP contribution < -0.4 is 9.47 Å². The maximum atomic E-state index is 13.2. The molecule has 0 spiro atoms. The summed E-state index contributed by atoms with van der Waals surface area (Å²) < 4.78 is 12.8. The molecule has 134 valence electrons. The van der Waals surface area contributed by atoms with Crippen LogP contribution in [0.25, 0.3) is 10.9 Å². The SMILES string of the molecule is COc1cc(OC)cc(C(=O)N2CCc3cn(C)c4cccc(c34)C2)c1. The number of carbonyl (C=O) groups excluding carboxylic acids is 1. The van der Waals surface area contributed by atoms with E-state index >= 15 is 0 Å². The molecule has 5 heteroatoms. The third-order valence-corrected chi connectivity index (χ3v) is 5.08. The van der Waals surface area contributed by atoms with Crippen LogP contribution in [-0.2, 0) is 20.0 Å². The zero-order valence-corrected chi connectivity index (χ0v) is 15.3. The van der Waals surface area contributed by atoms with E-state index in [0.29, 0.717) is 30.2 Å². The summed E-state index contributed by atoms with van der Waals surface area (Å²) in [4.78, 5) is 15.1. The molecule has 1 amide bonds. The number of methoxy groups -OCH3 is 2. The van der Waals surface area contributed by atoms with Crippen LogP contribution in [-0.4, -0.2) is 36.1 Å². The topological polar surface area (TPSA) is 43.7 Å². The monoisotopic (exact) mass is 350 g/mol. The van der Waals surface area contributed by atoms with E-state index in [1.807, 2.05) is 4.90 Å². The molecule has 1 aliphatic rings. The number of benzene rings is 2. The minimum absolute atomic E-state index is 0.00580. The molecule has 26 heavy (non-hydrogen) atoms. The highest BCUT2D eigenvalue weighted by Gasteiger charge is 2.23. The Kier molecular flexibility index (Phi) is 4.07. The molecule has 0 unspecified atom stereocenters. The zero-order chi connectivity index (χ0) is 18.3. The van der Waals surface area contributed by atoms with Gasteiger partial charge in [0.1, 0.15) is 11.5 Å². The molecule has 5 nitrogen and oxygen atoms in total. The van der Waals surface area contributed by atoms with Crippen molar-refractivity contribution in [1.29, 1.82) is 0 Å². The Balaban J connectivity index is 1.70. The largest absolute Gasteiger partial charge is 0.497 e. The molecular formula is C21H22N2O3. The lowest BCUT2D eigenvalue weighted by molar-refractivity contribution is 0.0747. The maximum absolute atomic E-state index is 13.2. The summed E-state index contributed by atoms with van der Waals surface area (Å²) >= 11 is 0. The number of nitrogens with zero attached hydrogens (tertiary/aromatic N) is 2. The average molecular weight is 350 g/mol. The van der Waals surface area contributed by atoms with E-state index in [4.69, 9.17) is 9.47 Å². The Morgan fingerprint density at radius 3 is 2.46 bits per heavy atom. The number of carbonyl (C=O) groups is 1. The summed E-state index contributed by atoms with van der Waals surface area (Å²) in [5.74, 6) is 1.23. The van der Waals surface area contributed by atoms with Gasteiger partial charge in [-0.15, -0.1) is 0 Å². The summed E-state index contributed by atoms with van der Waals surface area (Å²) in [7, 11) is 5.25. The van der Waals surface area contributed by atoms with Gasteiger partial charge in [0.15, 0.2) is 0 Å². The molecule has 0 saturated carbocycles. The number of rotatable bonds is 3. The van der Waals surface area contributed by atoms with Gasteiger partial charge in [0.25, 0.3) is 5.91 Å². The van der Waals surface area contributed by atoms with Crippen molar-refractivity contribution in [3.63, 3.8) is 0 Å². The summed E-state index contributed by atoms with van der Waals surface area (Å²) in [6.07, 6.45) is 3.03. The van der Waals surface area contributed by atoms with Crippen molar-refractivity contribution in [3.05, 3.63) is 59.3 Å². The first-order chi connectivity index (χ1) is 12.6. The molecule has 1 aromatic heterocycles. The van der Waals surface area contributed by atoms with E-state index in [9.17, 15) is 4.79 Å². The van der Waals surface area contributed by atoms with Crippen molar-refractivity contribution in [3.8, 4) is 11.5 Å². The molecule has 0 N–H and O–H groups in total. The first-order valence-corrected chi connectivity index (χ1v) is 8.69. The van der Waals surface area contributed by atoms with Crippen LogP contribution in [0.3, 0.4) is 0 Å². The first-order valence-electron chi connectivity index (χ1n) is 8.69. The summed E-state index contributed by atoms with van der Waals surface area (Å²) in [5, 5.41) is 1.29. The number of amides is 1. The summed E-state index contributed by atoms with van der Waals surface area (Å²) in [6.45, 7) is 1.29. The highest BCUT2D eigenvalue weighted by atomic mass is 16.5. The van der Waals surface area contributed by atoms with E-state index in [1.165, 1.54) is 22.0 Å². The lowest BCUT2D eigenvalue weighted by Crippen LogP contribution is -2.31. The van der Waals surface area contributed by atoms with Crippen molar-refractivity contribution >= 4 is 16.8 Å². The van der Waals surface area contributed by atoms with Gasteiger partial charge in [0.05, 0.1) is 14.2 Å². The van der Waals surface area contributed by atoms with E-state index in [1.54, 1.807) is 32.4 Å². The van der Waals surface area contributed by atoms with Crippen molar-refractivity contribution in [2.45, 2.75) is 13.0 Å². The van der Waals surface area contributed by atoms with E-state index in [0.717, 1.165) is 6.42 Å². The molecule has 0 fully saturated rings. The number of aromatic nitrogens is 1. The van der Waals surface area contributed by atoms with E-state index < -0.39 is 0 Å². The molecular weight excluding hydrogens is 328 g/mol. The van der Waals surface area contributed by atoms with Crippen LogP contribution in [0.4, 0.5) is 0 Å². The smallest absolute Gasteiger partial charge is 0.254 e. The van der Waals surface area contributed by atoms with Gasteiger partial charge < -0.3 is 18.9 Å². The molecule has 0 atom stereocenters. The highest BCUT2D eigenvalue weighted by Crippen LogP contribution is 2.30. The Hall–Kier alpha value is -2.95. The minimum Gasteiger partial charge on any atom is -0.497 e. The predicted molar refractivity (Wildman–Crippen MR) is 101 cm³/mol. The first kappa shape index (κ1) is 16.5. The van der Waals surface area contributed by atoms with Crippen LogP contribution in [0.5, 0.6) is 11.5 Å². The van der Waals surface area contributed by atoms with Crippen LogP contribution in [0.15, 0.2) is 42.6 Å². The number of hydrogen-bond donors (Lipinski definition) is 0. The van der Waals surface area contributed by atoms with Crippen LogP contribution in [0.1, 0.15) is 21.5 Å². The Morgan fingerprint density at radius 2 is 1.77 bits per heavy atom. The van der Waals surface area contributed by atoms with Gasteiger partial charge in [0, 0.05) is 48.9 Å². The molecule has 1 aliphatic heterocycles. The number of aryl methyl sites for hydroxylation is 1. The van der Waals surface area contributed by atoms with Crippen LogP contribution >= 0.6 is 0 Å². The molecule has 3 aromatic rings. The summed E-state index contributed by atoms with van der Waals surface area (Å²) in [5.41, 5.74) is 4.30. The Morgan fingerprint density at radius 1 is 1.04 bits per heavy atom. The van der Waals surface area contributed by atoms with Gasteiger partial charge in [0.2, 0.25) is 0 Å². The second-order valence-electron chi connectivity index (χ2n) is 6.65. The summed E-state index contributed by atoms with van der Waals surface area (Å²) in [6, 6.07) is 11.6. The third-order valence-electron chi connectivity index (χ3n) is 5.08. The van der Waals surface area contributed by atoms with Gasteiger partial charge in [-0.25, -0.2) is 0 Å². The second kappa shape index (κ2) is 6.41. The quantitative estimate of drug-likeness (QED) is 0.727. The van der Waals surface area contributed by atoms with Crippen molar-refractivity contribution < 1.29 is 14.3 Å². The van der Waals surface area contributed by atoms with E-state index in [2.05, 4.69) is 36.0 Å². The highest BCUT2D eigenvalue weighted by molar-refractivity contribution is 5.96. The van der Waals surface area contributed by atoms with Crippen LogP contribution in [0.2, 0.25) is 0 Å². The van der Waals surface area contributed by atoms with Gasteiger partial charge in [-0.2, -0.15) is 0 Å². The van der Waals surface area contributed by atoms with Gasteiger partial charge in [-0.3, -0.25) is 4.79 Å². The van der Waals surface area contributed by atoms with Gasteiger partial charge in [-0.05, 0) is 35.7 Å². The van der Waals surface area contributed by atoms with E-state index in [-0.39, 0.29) is 5.91 Å². The fourth-order valence-electron chi connectivity index (χ4n) is 3.77. The fraction of sp³-hybridized carbons (Fsp3) is 0.286. The molecule has 2 heterocycles. The number of ether oxygens (including phenoxy) is 2. The Labute approximate surface area is 152 Å². The lowest BCUT2D eigenvalue weighted by Gasteiger charge is -2.22. The van der Waals surface area contributed by atoms with Crippen molar-refractivity contribution in [1.82, 2.24) is 9.47 Å². The molecule has 0 saturated heterocycles. The van der Waals surface area contributed by atoms with Gasteiger partial charge in [-0.1, -0.05) is 12.1 Å². The molecule has 0 aliphatic carbocycles. The third kappa shape index (κ3) is 2.69. The minimum atomic E-state index is -0.00580. The standard InChI is InChI=1S/C21H22N2O3/c1-22-12-15-7-8-23(13-14-5-4-6-19(22)20(14)15)21(24)16-9-17(25-2)11-18(10-16)26-3/h4-6,9-12H,7-8,13H2,1-3H3. The van der Waals surface area contributed by atoms with Crippen molar-refractivity contribution in [2.24, 2.45) is 7.05 Å². The zero-order valence-electron chi connectivity index (χ0n) is 15.3. The maximum Gasteiger partial charge on any atom is 0.254 e. The number of hydrogen-bond acceptors (Lipinski definition) is 3. The predicted octanol–water partition coefficient (Wildman–Crippen LogP) is 3.39. The Bertz CT molecular complexity index is 968. The van der Waals surface area contributed by atoms with Crippen LogP contribution in [0, 0.1) is 0 Å². The average Bonchev–Trinajstić information content (AvgIpc) is 2.88. The fourth-order valence-corrected chi connectivity index (χ4v) is 3.77. The second-order valence-corrected chi connectivity index (χ2v) is 6.65. The molecule has 0 bridgehead atoms. The molecule has 2 aromatic carbocycles. The lowest BCUT2D eigenvalue weighted by atomic mass is 10.1. The molecule has 0 radical (unpaired) electrons. The molecule has 4 rings (SSSR count). The van der Waals surface area contributed by atoms with Gasteiger partial charge >= 0.3 is 0 Å². The normalized spacial score (nSPS) is 13.6. The van der Waals surface area contributed by atoms with Crippen molar-refractivity contribution in [2.75, 3.05) is 20.8 Å².